The van der Waals surface area contributed by atoms with Crippen molar-refractivity contribution in [2.24, 2.45) is 11.8 Å². The van der Waals surface area contributed by atoms with Gasteiger partial charge in [0.1, 0.15) is 12.2 Å². The molecule has 0 aliphatic rings. The highest BCUT2D eigenvalue weighted by molar-refractivity contribution is 5.60. The first-order valence-corrected chi connectivity index (χ1v) is 5.31. The van der Waals surface area contributed by atoms with E-state index < -0.39 is 11.8 Å². The smallest absolute Gasteiger partial charge is 0.432 e. The maximum Gasteiger partial charge on any atom is 0.508 e. The fourth-order valence-electron chi connectivity index (χ4n) is 1.24. The Kier molecular flexibility index (Phi) is 5.65. The summed E-state index contributed by atoms with van der Waals surface area (Å²) in [7, 11) is 0. The molecule has 0 aromatic rings. The Hall–Kier alpha value is -0.770. The molecule has 0 fully saturated rings. The van der Waals surface area contributed by atoms with Gasteiger partial charge in [-0.25, -0.2) is 4.79 Å². The summed E-state index contributed by atoms with van der Waals surface area (Å²) in [6.07, 6.45) is -0.714. The third kappa shape index (κ3) is 4.08. The van der Waals surface area contributed by atoms with Crippen molar-refractivity contribution in [2.45, 2.75) is 40.2 Å². The van der Waals surface area contributed by atoms with Crippen LogP contribution in [0, 0.1) is 11.8 Å². The molecule has 0 amide bonds. The predicted octanol–water partition coefficient (Wildman–Crippen LogP) is 2.20. The first-order chi connectivity index (χ1) is 6.84. The second-order valence-electron chi connectivity index (χ2n) is 4.42. The summed E-state index contributed by atoms with van der Waals surface area (Å²) in [5.74, 6) is 0.415. The fourth-order valence-corrected chi connectivity index (χ4v) is 1.24. The van der Waals surface area contributed by atoms with E-state index in [2.05, 4.69) is 4.74 Å². The summed E-state index contributed by atoms with van der Waals surface area (Å²) >= 11 is 0. The van der Waals surface area contributed by atoms with E-state index in [0.717, 1.165) is 0 Å². The van der Waals surface area contributed by atoms with Crippen LogP contribution in [0.25, 0.3) is 0 Å². The second-order valence-corrected chi connectivity index (χ2v) is 4.42. The van der Waals surface area contributed by atoms with Crippen LogP contribution < -0.4 is 0 Å². The van der Waals surface area contributed by atoms with Gasteiger partial charge in [-0.1, -0.05) is 27.7 Å². The molecule has 0 unspecified atom stereocenters. The monoisotopic (exact) mass is 218 g/mol. The largest absolute Gasteiger partial charge is 0.508 e. The van der Waals surface area contributed by atoms with Crippen molar-refractivity contribution in [3.05, 3.63) is 0 Å². The van der Waals surface area contributed by atoms with Crippen molar-refractivity contribution >= 4 is 6.16 Å². The molecule has 90 valence electrons. The van der Waals surface area contributed by atoms with E-state index in [1.165, 1.54) is 0 Å². The third-order valence-corrected chi connectivity index (χ3v) is 2.91. The zero-order chi connectivity index (χ0) is 12.1. The number of rotatable bonds is 5. The minimum absolute atomic E-state index is 0.0227. The van der Waals surface area contributed by atoms with Gasteiger partial charge < -0.3 is 14.6 Å². The Balaban J connectivity index is 4.36. The molecule has 0 aliphatic heterocycles. The van der Waals surface area contributed by atoms with Gasteiger partial charge in [-0.15, -0.1) is 0 Å². The van der Waals surface area contributed by atoms with Crippen LogP contribution in [0.4, 0.5) is 4.79 Å². The minimum atomic E-state index is -0.714. The van der Waals surface area contributed by atoms with E-state index in [0.29, 0.717) is 0 Å². The van der Waals surface area contributed by atoms with Crippen molar-refractivity contribution in [2.75, 3.05) is 13.2 Å². The van der Waals surface area contributed by atoms with Crippen molar-refractivity contribution < 1.29 is 19.4 Å². The number of ether oxygens (including phenoxy) is 2. The first-order valence-electron chi connectivity index (χ1n) is 5.31. The maximum absolute atomic E-state index is 11.3. The molecule has 0 radical (unpaired) electrons. The molecule has 0 spiro atoms. The van der Waals surface area contributed by atoms with Gasteiger partial charge in [-0.3, -0.25) is 0 Å². The highest BCUT2D eigenvalue weighted by Crippen LogP contribution is 2.30. The van der Waals surface area contributed by atoms with Crippen LogP contribution in [0.2, 0.25) is 0 Å². The number of aliphatic hydroxyl groups is 1. The Morgan fingerprint density at radius 2 is 1.73 bits per heavy atom. The van der Waals surface area contributed by atoms with E-state index >= 15 is 0 Å². The zero-order valence-corrected chi connectivity index (χ0v) is 10.2. The molecule has 1 N–H and O–H groups in total. The van der Waals surface area contributed by atoms with Crippen molar-refractivity contribution in [1.29, 1.82) is 0 Å². The van der Waals surface area contributed by atoms with Gasteiger partial charge in [-0.2, -0.15) is 0 Å². The van der Waals surface area contributed by atoms with Gasteiger partial charge in [0.05, 0.1) is 6.61 Å². The van der Waals surface area contributed by atoms with Crippen molar-refractivity contribution in [3.8, 4) is 0 Å². The van der Waals surface area contributed by atoms with Gasteiger partial charge in [0.15, 0.2) is 0 Å². The van der Waals surface area contributed by atoms with Crippen LogP contribution >= 0.6 is 0 Å². The topological polar surface area (TPSA) is 55.8 Å². The average Bonchev–Trinajstić information content (AvgIpc) is 2.13. The molecule has 0 bridgehead atoms. The summed E-state index contributed by atoms with van der Waals surface area (Å²) in [5.41, 5.74) is -0.535. The van der Waals surface area contributed by atoms with Crippen molar-refractivity contribution in [3.63, 3.8) is 0 Å². The first kappa shape index (κ1) is 14.2. The van der Waals surface area contributed by atoms with E-state index in [1.807, 2.05) is 34.6 Å². The lowest BCUT2D eigenvalue weighted by atomic mass is 9.82. The number of aliphatic hydroxyl groups excluding tert-OH is 1. The summed E-state index contributed by atoms with van der Waals surface area (Å²) in [6, 6.07) is 0. The molecule has 4 heteroatoms. The highest BCUT2D eigenvalue weighted by Gasteiger charge is 2.36. The second kappa shape index (κ2) is 5.95. The molecule has 0 aromatic carbocycles. The minimum Gasteiger partial charge on any atom is -0.432 e. The number of carbonyl (C=O) groups is 1. The van der Waals surface area contributed by atoms with Crippen LogP contribution in [0.5, 0.6) is 0 Å². The molecule has 0 rings (SSSR count). The Labute approximate surface area is 91.6 Å². The van der Waals surface area contributed by atoms with E-state index in [4.69, 9.17) is 9.84 Å². The molecule has 0 atom stereocenters. The number of carbonyl (C=O) groups excluding carboxylic acids is 1. The molecule has 0 aromatic heterocycles. The summed E-state index contributed by atoms with van der Waals surface area (Å²) in [4.78, 5) is 11.3. The summed E-state index contributed by atoms with van der Waals surface area (Å²) in [5, 5.41) is 8.50. The molecule has 0 aliphatic carbocycles. The van der Waals surface area contributed by atoms with Gasteiger partial charge >= 0.3 is 6.16 Å². The average molecular weight is 218 g/mol. The summed E-state index contributed by atoms with van der Waals surface area (Å²) in [6.45, 7) is 9.68. The normalized spacial score (nSPS) is 12.0. The molecule has 4 nitrogen and oxygen atoms in total. The van der Waals surface area contributed by atoms with Gasteiger partial charge in [0.25, 0.3) is 0 Å². The maximum atomic E-state index is 11.3. The van der Waals surface area contributed by atoms with Crippen LogP contribution in [-0.2, 0) is 9.47 Å². The van der Waals surface area contributed by atoms with E-state index in [1.54, 1.807) is 0 Å². The van der Waals surface area contributed by atoms with Crippen molar-refractivity contribution in [1.82, 2.24) is 0 Å². The van der Waals surface area contributed by atoms with Gasteiger partial charge in [-0.05, 0) is 18.8 Å². The van der Waals surface area contributed by atoms with Crippen LogP contribution in [0.3, 0.4) is 0 Å². The predicted molar refractivity (Wildman–Crippen MR) is 57.6 cm³/mol. The lowest BCUT2D eigenvalue weighted by Crippen LogP contribution is -2.42. The van der Waals surface area contributed by atoms with Crippen LogP contribution in [-0.4, -0.2) is 30.1 Å². The highest BCUT2D eigenvalue weighted by atomic mass is 16.7. The Morgan fingerprint density at radius 1 is 1.27 bits per heavy atom. The lowest BCUT2D eigenvalue weighted by molar-refractivity contribution is -0.0785. The SMILES string of the molecule is CC(C)C(C)(OC(=O)OCCO)C(C)C. The summed E-state index contributed by atoms with van der Waals surface area (Å²) < 4.78 is 9.97. The van der Waals surface area contributed by atoms with Gasteiger partial charge in [0, 0.05) is 0 Å². The van der Waals surface area contributed by atoms with Crippen LogP contribution in [0.1, 0.15) is 34.6 Å². The molecule has 0 saturated heterocycles. The molecular weight excluding hydrogens is 196 g/mol. The van der Waals surface area contributed by atoms with E-state index in [-0.39, 0.29) is 25.0 Å². The molecule has 15 heavy (non-hydrogen) atoms. The number of hydrogen-bond acceptors (Lipinski definition) is 4. The quantitative estimate of drug-likeness (QED) is 0.719. The molecule has 0 saturated carbocycles. The molecular formula is C11H22O4. The van der Waals surface area contributed by atoms with Crippen LogP contribution in [0.15, 0.2) is 0 Å². The Bertz CT molecular complexity index is 191. The standard InChI is InChI=1S/C11H22O4/c1-8(2)11(5,9(3)4)15-10(13)14-7-6-12/h8-9,12H,6-7H2,1-5H3. The number of hydrogen-bond donors (Lipinski definition) is 1. The fraction of sp³-hybridized carbons (Fsp3) is 0.909. The zero-order valence-electron chi connectivity index (χ0n) is 10.2. The lowest BCUT2D eigenvalue weighted by Gasteiger charge is -2.36. The van der Waals surface area contributed by atoms with Gasteiger partial charge in [0.2, 0.25) is 0 Å². The Morgan fingerprint density at radius 3 is 2.07 bits per heavy atom. The molecule has 0 heterocycles. The van der Waals surface area contributed by atoms with E-state index in [9.17, 15) is 4.79 Å². The third-order valence-electron chi connectivity index (χ3n) is 2.91.